The van der Waals surface area contributed by atoms with Gasteiger partial charge in [0.2, 0.25) is 5.82 Å². The lowest BCUT2D eigenvalue weighted by molar-refractivity contribution is 0.101. The minimum absolute atomic E-state index is 0.0264. The molecule has 3 rings (SSSR count). The van der Waals surface area contributed by atoms with Crippen LogP contribution in [0.1, 0.15) is 33.6 Å². The third-order valence-corrected chi connectivity index (χ3v) is 3.18. The molecule has 2 heterocycles. The molecule has 0 aliphatic heterocycles. The van der Waals surface area contributed by atoms with Crippen molar-refractivity contribution in [3.8, 4) is 0 Å². The molecule has 0 saturated carbocycles. The Kier molecular flexibility index (Phi) is 3.38. The summed E-state index contributed by atoms with van der Waals surface area (Å²) in [5, 5.41) is 6.82. The molecule has 0 spiro atoms. The Hall–Kier alpha value is -3.09. The summed E-state index contributed by atoms with van der Waals surface area (Å²) >= 11 is 0. The number of carbonyl (C=O) groups is 2. The average molecular weight is 295 g/mol. The maximum absolute atomic E-state index is 12.2. The Morgan fingerprint density at radius 2 is 1.86 bits per heavy atom. The number of Topliss-reactive ketones (excluding diaryl/α,β-unsaturated/α-hetero) is 1. The molecular weight excluding hydrogens is 282 g/mol. The van der Waals surface area contributed by atoms with Crippen LogP contribution in [-0.2, 0) is 0 Å². The van der Waals surface area contributed by atoms with Crippen molar-refractivity contribution in [2.45, 2.75) is 13.8 Å². The van der Waals surface area contributed by atoms with E-state index in [0.717, 1.165) is 5.69 Å². The lowest BCUT2D eigenvalue weighted by Crippen LogP contribution is -2.14. The normalized spacial score (nSPS) is 10.6. The minimum atomic E-state index is -0.430. The smallest absolute Gasteiger partial charge is 0.295 e. The summed E-state index contributed by atoms with van der Waals surface area (Å²) in [5.41, 5.74) is 1.99. The summed E-state index contributed by atoms with van der Waals surface area (Å²) in [6.45, 7) is 3.34. The standard InChI is InChI=1S/C15H13N5O2/c1-9-7-8-16-15-18-13(19-20(9)15)14(22)17-12-5-3-11(4-6-12)10(2)21/h3-8H,1-2H3,(H,17,22). The Bertz CT molecular complexity index is 867. The van der Waals surface area contributed by atoms with Crippen molar-refractivity contribution in [3.05, 3.63) is 53.6 Å². The van der Waals surface area contributed by atoms with Gasteiger partial charge in [0, 0.05) is 23.1 Å². The van der Waals surface area contributed by atoms with Crippen LogP contribution in [0.3, 0.4) is 0 Å². The van der Waals surface area contributed by atoms with Crippen molar-refractivity contribution in [2.75, 3.05) is 5.32 Å². The topological polar surface area (TPSA) is 89.2 Å². The molecule has 1 amide bonds. The molecule has 7 heteroatoms. The van der Waals surface area contributed by atoms with Crippen molar-refractivity contribution in [3.63, 3.8) is 0 Å². The largest absolute Gasteiger partial charge is 0.319 e. The second-order valence-electron chi connectivity index (χ2n) is 4.82. The molecule has 0 aliphatic rings. The molecule has 0 saturated heterocycles. The van der Waals surface area contributed by atoms with E-state index >= 15 is 0 Å². The van der Waals surface area contributed by atoms with Gasteiger partial charge in [0.25, 0.3) is 11.7 Å². The van der Waals surface area contributed by atoms with Crippen LogP contribution in [0.2, 0.25) is 0 Å². The van der Waals surface area contributed by atoms with E-state index in [1.807, 2.05) is 6.92 Å². The first-order valence-corrected chi connectivity index (χ1v) is 6.65. The highest BCUT2D eigenvalue weighted by atomic mass is 16.2. The summed E-state index contributed by atoms with van der Waals surface area (Å²) < 4.78 is 1.51. The number of nitrogens with zero attached hydrogens (tertiary/aromatic N) is 4. The Balaban J connectivity index is 1.83. The molecule has 2 aromatic heterocycles. The predicted molar refractivity (Wildman–Crippen MR) is 79.9 cm³/mol. The van der Waals surface area contributed by atoms with Crippen molar-refractivity contribution >= 4 is 23.2 Å². The van der Waals surface area contributed by atoms with E-state index in [4.69, 9.17) is 0 Å². The van der Waals surface area contributed by atoms with Gasteiger partial charge in [0.1, 0.15) is 0 Å². The molecule has 1 aromatic carbocycles. The fourth-order valence-electron chi connectivity index (χ4n) is 1.98. The monoisotopic (exact) mass is 295 g/mol. The fraction of sp³-hybridized carbons (Fsp3) is 0.133. The average Bonchev–Trinajstić information content (AvgIpc) is 2.93. The zero-order chi connectivity index (χ0) is 15.7. The van der Waals surface area contributed by atoms with Gasteiger partial charge in [-0.3, -0.25) is 9.59 Å². The van der Waals surface area contributed by atoms with Crippen LogP contribution in [0, 0.1) is 6.92 Å². The first kappa shape index (κ1) is 13.9. The van der Waals surface area contributed by atoms with E-state index in [9.17, 15) is 9.59 Å². The number of rotatable bonds is 3. The van der Waals surface area contributed by atoms with E-state index < -0.39 is 5.91 Å². The van der Waals surface area contributed by atoms with Gasteiger partial charge in [-0.05, 0) is 44.2 Å². The Morgan fingerprint density at radius 3 is 2.50 bits per heavy atom. The van der Waals surface area contributed by atoms with E-state index in [1.165, 1.54) is 11.4 Å². The van der Waals surface area contributed by atoms with Gasteiger partial charge in [-0.25, -0.2) is 9.50 Å². The highest BCUT2D eigenvalue weighted by Gasteiger charge is 2.14. The number of hydrogen-bond donors (Lipinski definition) is 1. The molecular formula is C15H13N5O2. The molecule has 1 N–H and O–H groups in total. The van der Waals surface area contributed by atoms with Crippen LogP contribution in [0.15, 0.2) is 36.5 Å². The van der Waals surface area contributed by atoms with E-state index in [-0.39, 0.29) is 11.6 Å². The van der Waals surface area contributed by atoms with Crippen LogP contribution in [0.5, 0.6) is 0 Å². The van der Waals surface area contributed by atoms with Gasteiger partial charge in [-0.1, -0.05) is 0 Å². The third-order valence-electron chi connectivity index (χ3n) is 3.18. The second-order valence-corrected chi connectivity index (χ2v) is 4.82. The molecule has 7 nitrogen and oxygen atoms in total. The zero-order valence-corrected chi connectivity index (χ0v) is 12.1. The number of amides is 1. The molecule has 0 bridgehead atoms. The summed E-state index contributed by atoms with van der Waals surface area (Å²) in [5.74, 6) is -0.0450. The van der Waals surface area contributed by atoms with Crippen LogP contribution in [0.25, 0.3) is 5.78 Å². The lowest BCUT2D eigenvalue weighted by Gasteiger charge is -2.03. The van der Waals surface area contributed by atoms with Crippen LogP contribution >= 0.6 is 0 Å². The van der Waals surface area contributed by atoms with Crippen LogP contribution in [0.4, 0.5) is 5.69 Å². The number of fused-ring (bicyclic) bond motifs is 1. The molecule has 0 aliphatic carbocycles. The summed E-state index contributed by atoms with van der Waals surface area (Å²) in [6, 6.07) is 8.41. The fourth-order valence-corrected chi connectivity index (χ4v) is 1.98. The number of ketones is 1. The molecule has 3 aromatic rings. The molecule has 0 atom stereocenters. The van der Waals surface area contributed by atoms with E-state index in [1.54, 1.807) is 36.5 Å². The first-order chi connectivity index (χ1) is 10.5. The third kappa shape index (κ3) is 2.56. The first-order valence-electron chi connectivity index (χ1n) is 6.65. The van der Waals surface area contributed by atoms with Crippen molar-refractivity contribution < 1.29 is 9.59 Å². The van der Waals surface area contributed by atoms with Gasteiger partial charge in [0.05, 0.1) is 0 Å². The van der Waals surface area contributed by atoms with E-state index in [2.05, 4.69) is 20.4 Å². The maximum atomic E-state index is 12.2. The van der Waals surface area contributed by atoms with Crippen LogP contribution < -0.4 is 5.32 Å². The number of carbonyl (C=O) groups excluding carboxylic acids is 2. The van der Waals surface area contributed by atoms with Crippen molar-refractivity contribution in [1.82, 2.24) is 19.6 Å². The van der Waals surface area contributed by atoms with Crippen molar-refractivity contribution in [1.29, 1.82) is 0 Å². The number of benzene rings is 1. The SMILES string of the molecule is CC(=O)c1ccc(NC(=O)c2nc3nccc(C)n3n2)cc1. The number of nitrogens with one attached hydrogen (secondary N) is 1. The number of anilines is 1. The second kappa shape index (κ2) is 5.36. The number of aromatic nitrogens is 4. The quantitative estimate of drug-likeness (QED) is 0.745. The highest BCUT2D eigenvalue weighted by Crippen LogP contribution is 2.11. The highest BCUT2D eigenvalue weighted by molar-refractivity contribution is 6.02. The number of hydrogen-bond acceptors (Lipinski definition) is 5. The molecule has 0 radical (unpaired) electrons. The summed E-state index contributed by atoms with van der Waals surface area (Å²) in [4.78, 5) is 31.5. The van der Waals surface area contributed by atoms with E-state index in [0.29, 0.717) is 17.0 Å². The van der Waals surface area contributed by atoms with Gasteiger partial charge >= 0.3 is 0 Å². The maximum Gasteiger partial charge on any atom is 0.295 e. The van der Waals surface area contributed by atoms with Crippen molar-refractivity contribution in [2.24, 2.45) is 0 Å². The van der Waals surface area contributed by atoms with Crippen LogP contribution in [-0.4, -0.2) is 31.3 Å². The van der Waals surface area contributed by atoms with Gasteiger partial charge in [-0.15, -0.1) is 5.10 Å². The Morgan fingerprint density at radius 1 is 1.14 bits per heavy atom. The minimum Gasteiger partial charge on any atom is -0.319 e. The summed E-state index contributed by atoms with van der Waals surface area (Å²) in [7, 11) is 0. The molecule has 22 heavy (non-hydrogen) atoms. The Labute approximate surface area is 126 Å². The lowest BCUT2D eigenvalue weighted by atomic mass is 10.1. The van der Waals surface area contributed by atoms with Gasteiger partial charge < -0.3 is 5.32 Å². The predicted octanol–water partition coefficient (Wildman–Crippen LogP) is 1.89. The van der Waals surface area contributed by atoms with Gasteiger partial charge in [-0.2, -0.15) is 4.98 Å². The molecule has 0 unspecified atom stereocenters. The van der Waals surface area contributed by atoms with Gasteiger partial charge in [0.15, 0.2) is 5.78 Å². The summed E-state index contributed by atoms with van der Waals surface area (Å²) in [6.07, 6.45) is 1.61. The zero-order valence-electron chi connectivity index (χ0n) is 12.1. The molecule has 0 fully saturated rings. The number of aryl methyl sites for hydroxylation is 1. The molecule has 110 valence electrons.